The molecule has 0 bridgehead atoms. The number of nitrogens with zero attached hydrogens (tertiary/aromatic N) is 6. The van der Waals surface area contributed by atoms with Crippen LogP contribution in [0, 0.1) is 0 Å². The molecule has 10 nitrogen and oxygen atoms in total. The van der Waals surface area contributed by atoms with Crippen LogP contribution in [0.3, 0.4) is 0 Å². The van der Waals surface area contributed by atoms with Crippen molar-refractivity contribution in [1.29, 1.82) is 0 Å². The monoisotopic (exact) mass is 1190 g/mol. The Balaban J connectivity index is 0.000000156. The van der Waals surface area contributed by atoms with Crippen LogP contribution >= 0.6 is 0 Å². The Bertz CT molecular complexity index is 5300. The van der Waals surface area contributed by atoms with E-state index < -0.39 is 18.3 Å². The molecule has 92 heavy (non-hydrogen) atoms. The summed E-state index contributed by atoms with van der Waals surface area (Å²) in [7, 11) is -0.474. The van der Waals surface area contributed by atoms with Crippen LogP contribution in [0.25, 0.3) is 156 Å². The van der Waals surface area contributed by atoms with Crippen molar-refractivity contribution in [3.63, 3.8) is 0 Å². The van der Waals surface area contributed by atoms with Crippen LogP contribution in [-0.4, -0.2) is 48.2 Å². The molecule has 11 heteroatoms. The molecule has 1 saturated heterocycles. The van der Waals surface area contributed by atoms with Gasteiger partial charge in [0.05, 0.1) is 11.2 Å². The van der Waals surface area contributed by atoms with Gasteiger partial charge >= 0.3 is 7.12 Å². The number of aromatic nitrogens is 6. The summed E-state index contributed by atoms with van der Waals surface area (Å²) in [6.07, 6.45) is 0. The maximum Gasteiger partial charge on any atom is 0.494 e. The molecule has 1 aliphatic heterocycles. The van der Waals surface area contributed by atoms with Gasteiger partial charge in [-0.25, -0.2) is 29.9 Å². The third kappa shape index (κ3) is 10.4. The fraction of sp³-hybridized carbons (Fsp3) is 0.0864. The van der Waals surface area contributed by atoms with E-state index in [-0.39, 0.29) is 7.43 Å². The summed E-state index contributed by atoms with van der Waals surface area (Å²) >= 11 is 0. The fourth-order valence-electron chi connectivity index (χ4n) is 12.3. The maximum absolute atomic E-state index is 6.42. The van der Waals surface area contributed by atoms with E-state index in [2.05, 4.69) is 137 Å². The second-order valence-electron chi connectivity index (χ2n) is 24.0. The van der Waals surface area contributed by atoms with Crippen molar-refractivity contribution < 1.29 is 18.1 Å². The SMILES string of the molecule is C.CC1(C)OB(c2ccc3oc4cccc(-c5nc(-c6ccccc6)nc(-c6ccccc6)n5)c4c3c2)OC1(C)C.c1ccc(-c2nc(-c3ccccc3)nc(-c3cccc4oc5ccc(-c6ccc(-c7cc8ccccc8c8ccccc78)cc6)cc5c34)n2)cc1. The topological polar surface area (TPSA) is 122 Å². The largest absolute Gasteiger partial charge is 0.494 e. The predicted molar refractivity (Wildman–Crippen MR) is 375 cm³/mol. The summed E-state index contributed by atoms with van der Waals surface area (Å²) in [5, 5.41) is 8.95. The van der Waals surface area contributed by atoms with Crippen LogP contribution in [0.4, 0.5) is 0 Å². The number of hydrogen-bond donors (Lipinski definition) is 0. The van der Waals surface area contributed by atoms with Crippen LogP contribution < -0.4 is 5.46 Å². The molecule has 0 amide bonds. The average molecular weight is 1190 g/mol. The lowest BCUT2D eigenvalue weighted by atomic mass is 9.78. The smallest absolute Gasteiger partial charge is 0.456 e. The second-order valence-corrected chi connectivity index (χ2v) is 24.0. The number of rotatable bonds is 9. The lowest BCUT2D eigenvalue weighted by Gasteiger charge is -2.32. The van der Waals surface area contributed by atoms with E-state index in [0.29, 0.717) is 34.9 Å². The minimum atomic E-state index is -0.474. The number of benzene rings is 12. The first-order chi connectivity index (χ1) is 44.6. The summed E-state index contributed by atoms with van der Waals surface area (Å²) in [5.41, 5.74) is 13.4. The van der Waals surface area contributed by atoms with Gasteiger partial charge < -0.3 is 18.1 Å². The van der Waals surface area contributed by atoms with Crippen LogP contribution in [0.2, 0.25) is 0 Å². The molecule has 5 heterocycles. The highest BCUT2D eigenvalue weighted by Crippen LogP contribution is 2.42. The molecule has 12 aromatic carbocycles. The van der Waals surface area contributed by atoms with Gasteiger partial charge in [0, 0.05) is 54.9 Å². The molecule has 0 atom stereocenters. The molecule has 0 radical (unpaired) electrons. The van der Waals surface area contributed by atoms with Gasteiger partial charge in [-0.2, -0.15) is 0 Å². The van der Waals surface area contributed by atoms with Crippen LogP contribution in [0.5, 0.6) is 0 Å². The van der Waals surface area contributed by atoms with Crippen molar-refractivity contribution in [1.82, 2.24) is 29.9 Å². The van der Waals surface area contributed by atoms with Crippen molar-refractivity contribution >= 4 is 78.0 Å². The Morgan fingerprint density at radius 1 is 0.272 bits per heavy atom. The minimum Gasteiger partial charge on any atom is -0.456 e. The molecule has 16 aromatic rings. The number of furan rings is 2. The van der Waals surface area contributed by atoms with Crippen LogP contribution in [0.1, 0.15) is 35.1 Å². The summed E-state index contributed by atoms with van der Waals surface area (Å²) in [6.45, 7) is 8.25. The van der Waals surface area contributed by atoms with E-state index in [4.69, 9.17) is 48.0 Å². The van der Waals surface area contributed by atoms with Gasteiger partial charge in [-0.15, -0.1) is 0 Å². The van der Waals surface area contributed by atoms with Gasteiger partial charge in [0.1, 0.15) is 22.3 Å². The summed E-state index contributed by atoms with van der Waals surface area (Å²) in [6, 6.07) is 93.2. The highest BCUT2D eigenvalue weighted by molar-refractivity contribution is 6.62. The van der Waals surface area contributed by atoms with Gasteiger partial charge in [0.25, 0.3) is 0 Å². The van der Waals surface area contributed by atoms with Crippen molar-refractivity contribution in [3.8, 4) is 90.6 Å². The lowest BCUT2D eigenvalue weighted by Crippen LogP contribution is -2.41. The first kappa shape index (κ1) is 57.2. The van der Waals surface area contributed by atoms with Gasteiger partial charge in [-0.1, -0.05) is 244 Å². The van der Waals surface area contributed by atoms with E-state index in [1.165, 1.54) is 32.7 Å². The van der Waals surface area contributed by atoms with Gasteiger partial charge in [0.2, 0.25) is 0 Å². The normalized spacial score (nSPS) is 13.4. The Morgan fingerprint density at radius 3 is 1.15 bits per heavy atom. The molecule has 0 saturated carbocycles. The van der Waals surface area contributed by atoms with Gasteiger partial charge in [-0.3, -0.25) is 0 Å². The molecule has 0 unspecified atom stereocenters. The number of hydrogen-bond acceptors (Lipinski definition) is 10. The maximum atomic E-state index is 6.42. The molecular weight excluding hydrogens is 1130 g/mol. The summed E-state index contributed by atoms with van der Waals surface area (Å²) in [5.74, 6) is 3.68. The second kappa shape index (κ2) is 23.3. The highest BCUT2D eigenvalue weighted by atomic mass is 16.7. The van der Waals surface area contributed by atoms with E-state index in [9.17, 15) is 0 Å². The molecule has 0 aliphatic carbocycles. The van der Waals surface area contributed by atoms with E-state index in [1.807, 2.05) is 164 Å². The Labute approximate surface area is 533 Å². The lowest BCUT2D eigenvalue weighted by molar-refractivity contribution is 0.00578. The van der Waals surface area contributed by atoms with Crippen molar-refractivity contribution in [3.05, 3.63) is 273 Å². The molecule has 442 valence electrons. The molecule has 4 aromatic heterocycles. The highest BCUT2D eigenvalue weighted by Gasteiger charge is 2.51. The molecule has 1 aliphatic rings. The van der Waals surface area contributed by atoms with Crippen molar-refractivity contribution in [2.75, 3.05) is 0 Å². The first-order valence-corrected chi connectivity index (χ1v) is 30.6. The molecule has 17 rings (SSSR count). The Kier molecular flexibility index (Phi) is 14.5. The van der Waals surface area contributed by atoms with Crippen molar-refractivity contribution in [2.45, 2.75) is 46.3 Å². The quantitative estimate of drug-likeness (QED) is 0.102. The van der Waals surface area contributed by atoms with Gasteiger partial charge in [0.15, 0.2) is 34.9 Å². The summed E-state index contributed by atoms with van der Waals surface area (Å²) in [4.78, 5) is 29.7. The number of fused-ring (bicyclic) bond motifs is 9. The fourth-order valence-corrected chi connectivity index (χ4v) is 12.3. The van der Waals surface area contributed by atoms with Crippen LogP contribution in [0.15, 0.2) is 282 Å². The molecular formula is C81H61BN6O4. The van der Waals surface area contributed by atoms with Crippen molar-refractivity contribution in [2.24, 2.45) is 0 Å². The summed E-state index contributed by atoms with van der Waals surface area (Å²) < 4.78 is 25.4. The Morgan fingerprint density at radius 2 is 0.663 bits per heavy atom. The van der Waals surface area contributed by atoms with Gasteiger partial charge in [-0.05, 0) is 113 Å². The zero-order valence-corrected chi connectivity index (χ0v) is 50.4. The molecule has 0 N–H and O–H groups in total. The zero-order valence-electron chi connectivity index (χ0n) is 50.4. The average Bonchev–Trinajstić information content (AvgIpc) is 1.37. The zero-order chi connectivity index (χ0) is 61.2. The third-order valence-electron chi connectivity index (χ3n) is 17.7. The Hall–Kier alpha value is -11.2. The van der Waals surface area contributed by atoms with E-state index >= 15 is 0 Å². The predicted octanol–water partition coefficient (Wildman–Crippen LogP) is 20.1. The minimum absolute atomic E-state index is 0. The first-order valence-electron chi connectivity index (χ1n) is 30.6. The molecule has 1 fully saturated rings. The van der Waals surface area contributed by atoms with E-state index in [0.717, 1.165) is 93.8 Å². The van der Waals surface area contributed by atoms with E-state index in [1.54, 1.807) is 0 Å². The third-order valence-corrected chi connectivity index (χ3v) is 17.7. The standard InChI is InChI=1S/C47H29N3O.C33H28BN3O3.CH4/c1-3-12-32(13-4-1)45-48-46(33-14-5-2-6-15-33)50-47(49-45)39-20-11-21-43-44(39)41-28-34(26-27-42(41)51-43)30-22-24-31(25-23-30)40-29-35-16-7-8-17-36(35)37-18-9-10-19-38(37)40;1-32(2)33(3,4)40-34(39-32)23-18-19-26-25(20-23)28-24(16-11-17-27(28)38-26)31-36-29(21-12-7-5-8-13-21)35-30(37-31)22-14-9-6-10-15-22;/h1-29H;5-20H,1-4H3;1H4. The molecule has 0 spiro atoms. The van der Waals surface area contributed by atoms with Crippen LogP contribution in [-0.2, 0) is 9.31 Å².